The Labute approximate surface area is 143 Å². The van der Waals surface area contributed by atoms with Crippen LogP contribution in [0.1, 0.15) is 37.6 Å². The molecule has 8 heteroatoms. The second-order valence-corrected chi connectivity index (χ2v) is 10.7. The summed E-state index contributed by atoms with van der Waals surface area (Å²) in [6.45, 7) is 5.39. The number of carbonyl (C=O) groups is 1. The molecule has 6 nitrogen and oxygen atoms in total. The highest BCUT2D eigenvalue weighted by Gasteiger charge is 2.39. The molecule has 2 rings (SSSR count). The predicted molar refractivity (Wildman–Crippen MR) is 92.2 cm³/mol. The van der Waals surface area contributed by atoms with Crippen LogP contribution < -0.4 is 0 Å². The minimum absolute atomic E-state index is 0.00919. The zero-order chi connectivity index (χ0) is 18.1. The van der Waals surface area contributed by atoms with Gasteiger partial charge < -0.3 is 0 Å². The molecule has 0 spiro atoms. The molecule has 24 heavy (non-hydrogen) atoms. The topological polar surface area (TPSA) is 88.6 Å². The lowest BCUT2D eigenvalue weighted by atomic mass is 10.2. The smallest absolute Gasteiger partial charge is 0.243 e. The molecule has 1 atom stereocenters. The van der Waals surface area contributed by atoms with Gasteiger partial charge in [-0.1, -0.05) is 26.0 Å². The van der Waals surface area contributed by atoms with E-state index < -0.39 is 25.9 Å². The number of ketones is 1. The molecule has 1 aromatic carbocycles. The number of hydrogen-bond donors (Lipinski definition) is 0. The zero-order valence-corrected chi connectivity index (χ0v) is 15.7. The van der Waals surface area contributed by atoms with Crippen molar-refractivity contribution in [1.29, 1.82) is 0 Å². The van der Waals surface area contributed by atoms with Gasteiger partial charge in [-0.05, 0) is 31.4 Å². The van der Waals surface area contributed by atoms with Gasteiger partial charge in [0.05, 0.1) is 16.4 Å². The van der Waals surface area contributed by atoms with Gasteiger partial charge in [0.25, 0.3) is 0 Å². The lowest BCUT2D eigenvalue weighted by Gasteiger charge is -2.29. The first-order valence-electron chi connectivity index (χ1n) is 7.86. The second-order valence-electron chi connectivity index (χ2n) is 6.61. The van der Waals surface area contributed by atoms with Gasteiger partial charge in [0.1, 0.15) is 0 Å². The molecule has 1 saturated heterocycles. The number of nitrogens with zero attached hydrogens (tertiary/aromatic N) is 1. The Kier molecular flexibility index (Phi) is 5.51. The number of benzene rings is 1. The fourth-order valence-electron chi connectivity index (χ4n) is 2.82. The molecule has 1 heterocycles. The van der Waals surface area contributed by atoms with Gasteiger partial charge in [0.2, 0.25) is 10.0 Å². The largest absolute Gasteiger partial charge is 0.295 e. The van der Waals surface area contributed by atoms with Crippen molar-refractivity contribution in [2.45, 2.75) is 38.1 Å². The van der Waals surface area contributed by atoms with Gasteiger partial charge in [0, 0.05) is 18.2 Å². The molecule has 1 fully saturated rings. The summed E-state index contributed by atoms with van der Waals surface area (Å²) in [4.78, 5) is 11.6. The van der Waals surface area contributed by atoms with Crippen molar-refractivity contribution in [3.63, 3.8) is 0 Å². The van der Waals surface area contributed by atoms with E-state index >= 15 is 0 Å². The first-order chi connectivity index (χ1) is 11.0. The van der Waals surface area contributed by atoms with Crippen LogP contribution in [-0.2, 0) is 19.9 Å². The van der Waals surface area contributed by atoms with E-state index in [-0.39, 0.29) is 34.6 Å². The average Bonchev–Trinajstić information content (AvgIpc) is 2.84. The fourth-order valence-corrected chi connectivity index (χ4v) is 6.51. The Bertz CT molecular complexity index is 828. The lowest BCUT2D eigenvalue weighted by molar-refractivity contribution is 0.101. The Morgan fingerprint density at radius 1 is 1.33 bits per heavy atom. The van der Waals surface area contributed by atoms with Crippen molar-refractivity contribution in [3.8, 4) is 0 Å². The van der Waals surface area contributed by atoms with Crippen LogP contribution in [0, 0.1) is 5.92 Å². The van der Waals surface area contributed by atoms with Gasteiger partial charge in [-0.3, -0.25) is 4.79 Å². The minimum atomic E-state index is -3.87. The van der Waals surface area contributed by atoms with Crippen LogP contribution in [0.15, 0.2) is 29.2 Å². The van der Waals surface area contributed by atoms with Crippen molar-refractivity contribution >= 4 is 25.6 Å². The summed E-state index contributed by atoms with van der Waals surface area (Å²) in [6, 6.07) is 5.34. The number of carbonyl (C=O) groups excluding carboxylic acids is 1. The molecule has 134 valence electrons. The van der Waals surface area contributed by atoms with Gasteiger partial charge in [-0.15, -0.1) is 0 Å². The van der Waals surface area contributed by atoms with Crippen LogP contribution in [0.3, 0.4) is 0 Å². The number of Topliss-reactive ketones (excluding diaryl/α,β-unsaturated/α-hetero) is 1. The minimum Gasteiger partial charge on any atom is -0.295 e. The first kappa shape index (κ1) is 19.1. The van der Waals surface area contributed by atoms with Crippen molar-refractivity contribution < 1.29 is 21.6 Å². The average molecular weight is 373 g/mol. The van der Waals surface area contributed by atoms with Gasteiger partial charge in [-0.25, -0.2) is 16.8 Å². The summed E-state index contributed by atoms with van der Waals surface area (Å²) in [5, 5.41) is 0. The van der Waals surface area contributed by atoms with E-state index in [9.17, 15) is 21.6 Å². The number of rotatable bonds is 6. The van der Waals surface area contributed by atoms with Crippen LogP contribution in [0.2, 0.25) is 0 Å². The highest BCUT2D eigenvalue weighted by molar-refractivity contribution is 7.92. The summed E-state index contributed by atoms with van der Waals surface area (Å²) in [5.41, 5.74) is 0.319. The summed E-state index contributed by atoms with van der Waals surface area (Å²) < 4.78 is 51.0. The van der Waals surface area contributed by atoms with E-state index in [1.807, 2.05) is 13.8 Å². The highest BCUT2D eigenvalue weighted by Crippen LogP contribution is 2.26. The summed E-state index contributed by atoms with van der Waals surface area (Å²) in [7, 11) is -7.07. The normalized spacial score (nSPS) is 20.6. The summed E-state index contributed by atoms with van der Waals surface area (Å²) in [5.74, 6) is -0.300. The molecular weight excluding hydrogens is 350 g/mol. The third-order valence-corrected chi connectivity index (χ3v) is 7.67. The van der Waals surface area contributed by atoms with E-state index in [1.165, 1.54) is 29.4 Å². The van der Waals surface area contributed by atoms with Crippen molar-refractivity contribution in [2.75, 3.05) is 18.1 Å². The molecule has 0 aromatic heterocycles. The number of hydrogen-bond acceptors (Lipinski definition) is 5. The zero-order valence-electron chi connectivity index (χ0n) is 14.1. The quantitative estimate of drug-likeness (QED) is 0.709. The van der Waals surface area contributed by atoms with Crippen LogP contribution in [0.5, 0.6) is 0 Å². The Balaban J connectivity index is 2.44. The molecule has 0 unspecified atom stereocenters. The first-order valence-corrected chi connectivity index (χ1v) is 11.1. The third-order valence-electron chi connectivity index (χ3n) is 4.01. The molecule has 0 N–H and O–H groups in total. The van der Waals surface area contributed by atoms with Crippen LogP contribution in [0.4, 0.5) is 0 Å². The molecule has 0 aliphatic carbocycles. The molecule has 0 amide bonds. The Hall–Kier alpha value is -1.25. The van der Waals surface area contributed by atoms with Crippen molar-refractivity contribution in [1.82, 2.24) is 4.31 Å². The van der Waals surface area contributed by atoms with E-state index in [4.69, 9.17) is 0 Å². The van der Waals surface area contributed by atoms with Gasteiger partial charge in [-0.2, -0.15) is 4.31 Å². The van der Waals surface area contributed by atoms with Gasteiger partial charge in [0.15, 0.2) is 15.6 Å². The molecule has 0 bridgehead atoms. The van der Waals surface area contributed by atoms with E-state index in [2.05, 4.69) is 0 Å². The Morgan fingerprint density at radius 3 is 2.50 bits per heavy atom. The molecule has 1 aromatic rings. The van der Waals surface area contributed by atoms with Crippen LogP contribution in [0.25, 0.3) is 0 Å². The maximum atomic E-state index is 13.1. The Morgan fingerprint density at radius 2 is 2.00 bits per heavy atom. The second kappa shape index (κ2) is 6.93. The van der Waals surface area contributed by atoms with E-state index in [0.717, 1.165) is 0 Å². The molecule has 1 aliphatic heterocycles. The third kappa shape index (κ3) is 4.23. The molecule has 0 radical (unpaired) electrons. The van der Waals surface area contributed by atoms with Crippen LogP contribution in [-0.4, -0.2) is 51.0 Å². The SMILES string of the molecule is CC(=O)c1cccc(S(=O)(=O)N(CC(C)C)[C@@H]2CCS(=O)(=O)C2)c1. The van der Waals surface area contributed by atoms with Gasteiger partial charge >= 0.3 is 0 Å². The van der Waals surface area contributed by atoms with Crippen molar-refractivity contribution in [2.24, 2.45) is 5.92 Å². The number of sulfone groups is 1. The summed E-state index contributed by atoms with van der Waals surface area (Å²) >= 11 is 0. The fraction of sp³-hybridized carbons (Fsp3) is 0.562. The maximum Gasteiger partial charge on any atom is 0.243 e. The van der Waals surface area contributed by atoms with Crippen molar-refractivity contribution in [3.05, 3.63) is 29.8 Å². The lowest BCUT2D eigenvalue weighted by Crippen LogP contribution is -2.43. The number of sulfonamides is 1. The highest BCUT2D eigenvalue weighted by atomic mass is 32.2. The van der Waals surface area contributed by atoms with E-state index in [0.29, 0.717) is 12.0 Å². The maximum absolute atomic E-state index is 13.1. The van der Waals surface area contributed by atoms with E-state index in [1.54, 1.807) is 6.07 Å². The monoisotopic (exact) mass is 373 g/mol. The predicted octanol–water partition coefficient (Wildman–Crippen LogP) is 1.72. The molecular formula is C16H23NO5S2. The standard InChI is InChI=1S/C16H23NO5S2/c1-12(2)10-17(15-7-8-23(19,20)11-15)24(21,22)16-6-4-5-14(9-16)13(3)18/h4-6,9,12,15H,7-8,10-11H2,1-3H3/t15-/m1/s1. The van der Waals surface area contributed by atoms with Crippen LogP contribution >= 0.6 is 0 Å². The molecule has 1 aliphatic rings. The summed E-state index contributed by atoms with van der Waals surface area (Å²) in [6.07, 6.45) is 0.306. The molecule has 0 saturated carbocycles.